The summed E-state index contributed by atoms with van der Waals surface area (Å²) in [5.41, 5.74) is 1.18. The van der Waals surface area contributed by atoms with E-state index in [0.29, 0.717) is 0 Å². The lowest BCUT2D eigenvalue weighted by molar-refractivity contribution is 0.232. The Morgan fingerprint density at radius 1 is 1.38 bits per heavy atom. The second kappa shape index (κ2) is 4.91. The average Bonchev–Trinajstić information content (AvgIpc) is 2.65. The molecule has 3 heteroatoms. The van der Waals surface area contributed by atoms with Crippen LogP contribution in [0.5, 0.6) is 11.5 Å². The molecule has 0 N–H and O–H groups in total. The summed E-state index contributed by atoms with van der Waals surface area (Å²) in [5.74, 6) is 1.55. The van der Waals surface area contributed by atoms with Crippen molar-refractivity contribution in [2.75, 3.05) is 7.11 Å². The summed E-state index contributed by atoms with van der Waals surface area (Å²) in [6, 6.07) is 5.77. The van der Waals surface area contributed by atoms with Crippen molar-refractivity contribution in [3.05, 3.63) is 34.8 Å². The Kier molecular flexibility index (Phi) is 3.54. The van der Waals surface area contributed by atoms with Crippen LogP contribution in [0.15, 0.2) is 34.8 Å². The summed E-state index contributed by atoms with van der Waals surface area (Å²) in [6.45, 7) is 4.03. The molecule has 2 rings (SSSR count). The maximum atomic E-state index is 5.94. The molecule has 0 aliphatic heterocycles. The van der Waals surface area contributed by atoms with E-state index in [1.165, 1.54) is 12.0 Å². The highest BCUT2D eigenvalue weighted by Gasteiger charge is 2.22. The predicted molar refractivity (Wildman–Crippen MR) is 68.1 cm³/mol. The van der Waals surface area contributed by atoms with E-state index in [1.807, 2.05) is 18.2 Å². The van der Waals surface area contributed by atoms with Crippen LogP contribution in [0, 0.1) is 0 Å². The highest BCUT2D eigenvalue weighted by molar-refractivity contribution is 9.10. The Bertz CT molecular complexity index is 401. The van der Waals surface area contributed by atoms with Gasteiger partial charge >= 0.3 is 0 Å². The van der Waals surface area contributed by atoms with Gasteiger partial charge in [-0.3, -0.25) is 0 Å². The lowest BCUT2D eigenvalue weighted by Crippen LogP contribution is -2.13. The topological polar surface area (TPSA) is 18.5 Å². The van der Waals surface area contributed by atoms with Crippen molar-refractivity contribution in [2.24, 2.45) is 0 Å². The number of ether oxygens (including phenoxy) is 2. The minimum atomic E-state index is 0.142. The van der Waals surface area contributed by atoms with E-state index in [2.05, 4.69) is 22.5 Å². The molecule has 1 aliphatic carbocycles. The highest BCUT2D eigenvalue weighted by Crippen LogP contribution is 2.35. The maximum Gasteiger partial charge on any atom is 0.163 e. The third kappa shape index (κ3) is 2.40. The number of rotatable bonds is 3. The molecule has 1 fully saturated rings. The molecular formula is C13H15BrO2. The molecule has 1 aromatic rings. The second-order valence-electron chi connectivity index (χ2n) is 3.95. The lowest BCUT2D eigenvalue weighted by Gasteiger charge is -2.17. The minimum Gasteiger partial charge on any atom is -0.493 e. The molecule has 0 bridgehead atoms. The molecule has 0 aromatic heterocycles. The smallest absolute Gasteiger partial charge is 0.163 e. The Labute approximate surface area is 104 Å². The monoisotopic (exact) mass is 282 g/mol. The van der Waals surface area contributed by atoms with Crippen LogP contribution in [-0.2, 0) is 0 Å². The number of hydrogen-bond acceptors (Lipinski definition) is 2. The molecule has 1 aromatic carbocycles. The number of hydrogen-bond donors (Lipinski definition) is 0. The molecule has 2 nitrogen and oxygen atoms in total. The molecule has 86 valence electrons. The van der Waals surface area contributed by atoms with Crippen molar-refractivity contribution in [1.82, 2.24) is 0 Å². The SMILES string of the molecule is C=C1CCCC1Oc1cc(Br)ccc1OC. The molecule has 16 heavy (non-hydrogen) atoms. The molecule has 1 aliphatic rings. The zero-order valence-electron chi connectivity index (χ0n) is 9.33. The van der Waals surface area contributed by atoms with Crippen molar-refractivity contribution in [3.63, 3.8) is 0 Å². The largest absolute Gasteiger partial charge is 0.493 e. The predicted octanol–water partition coefficient (Wildman–Crippen LogP) is 3.95. The van der Waals surface area contributed by atoms with Crippen molar-refractivity contribution in [1.29, 1.82) is 0 Å². The van der Waals surface area contributed by atoms with Crippen LogP contribution < -0.4 is 9.47 Å². The van der Waals surface area contributed by atoms with E-state index >= 15 is 0 Å². The Balaban J connectivity index is 2.19. The Morgan fingerprint density at radius 3 is 2.81 bits per heavy atom. The van der Waals surface area contributed by atoms with Gasteiger partial charge in [0, 0.05) is 4.47 Å². The van der Waals surface area contributed by atoms with Crippen molar-refractivity contribution >= 4 is 15.9 Å². The van der Waals surface area contributed by atoms with Crippen LogP contribution in [0.3, 0.4) is 0 Å². The Hall–Kier alpha value is -0.960. The molecule has 1 saturated carbocycles. The molecule has 0 heterocycles. The fraction of sp³-hybridized carbons (Fsp3) is 0.385. The standard InChI is InChI=1S/C13H15BrO2/c1-9-4-3-5-11(9)16-13-8-10(14)6-7-12(13)15-2/h6-8,11H,1,3-5H2,2H3. The zero-order chi connectivity index (χ0) is 11.5. The van der Waals surface area contributed by atoms with Gasteiger partial charge in [0.05, 0.1) is 7.11 Å². The first-order chi connectivity index (χ1) is 7.70. The molecule has 1 atom stereocenters. The summed E-state index contributed by atoms with van der Waals surface area (Å²) in [4.78, 5) is 0. The van der Waals surface area contributed by atoms with E-state index in [1.54, 1.807) is 7.11 Å². The van der Waals surface area contributed by atoms with Gasteiger partial charge in [-0.25, -0.2) is 0 Å². The summed E-state index contributed by atoms with van der Waals surface area (Å²) in [7, 11) is 1.65. The van der Waals surface area contributed by atoms with Crippen molar-refractivity contribution < 1.29 is 9.47 Å². The first kappa shape index (κ1) is 11.5. The number of methoxy groups -OCH3 is 1. The normalized spacial score (nSPS) is 19.9. The van der Waals surface area contributed by atoms with E-state index in [0.717, 1.165) is 28.8 Å². The van der Waals surface area contributed by atoms with Crippen LogP contribution >= 0.6 is 15.9 Å². The maximum absolute atomic E-state index is 5.94. The molecule has 0 amide bonds. The van der Waals surface area contributed by atoms with Gasteiger partial charge in [-0.15, -0.1) is 0 Å². The second-order valence-corrected chi connectivity index (χ2v) is 4.87. The van der Waals surface area contributed by atoms with Crippen molar-refractivity contribution in [3.8, 4) is 11.5 Å². The van der Waals surface area contributed by atoms with Crippen LogP contribution in [0.4, 0.5) is 0 Å². The van der Waals surface area contributed by atoms with E-state index < -0.39 is 0 Å². The molecule has 0 radical (unpaired) electrons. The van der Waals surface area contributed by atoms with Crippen LogP contribution in [0.1, 0.15) is 19.3 Å². The van der Waals surface area contributed by atoms with Crippen LogP contribution in [-0.4, -0.2) is 13.2 Å². The van der Waals surface area contributed by atoms with Gasteiger partial charge in [0.1, 0.15) is 6.10 Å². The summed E-state index contributed by atoms with van der Waals surface area (Å²) >= 11 is 3.43. The van der Waals surface area contributed by atoms with Gasteiger partial charge in [-0.1, -0.05) is 22.5 Å². The van der Waals surface area contributed by atoms with Gasteiger partial charge in [0.15, 0.2) is 11.5 Å². The summed E-state index contributed by atoms with van der Waals surface area (Å²) < 4.78 is 12.2. The fourth-order valence-electron chi connectivity index (χ4n) is 1.92. The quantitative estimate of drug-likeness (QED) is 0.782. The average molecular weight is 283 g/mol. The van der Waals surface area contributed by atoms with Crippen LogP contribution in [0.25, 0.3) is 0 Å². The minimum absolute atomic E-state index is 0.142. The van der Waals surface area contributed by atoms with Gasteiger partial charge in [0.25, 0.3) is 0 Å². The Morgan fingerprint density at radius 2 is 2.19 bits per heavy atom. The third-order valence-electron chi connectivity index (χ3n) is 2.81. The van der Waals surface area contributed by atoms with E-state index in [4.69, 9.17) is 9.47 Å². The molecule has 0 saturated heterocycles. The number of benzene rings is 1. The molecular weight excluding hydrogens is 268 g/mol. The third-order valence-corrected chi connectivity index (χ3v) is 3.31. The van der Waals surface area contributed by atoms with Gasteiger partial charge in [-0.2, -0.15) is 0 Å². The van der Waals surface area contributed by atoms with E-state index in [9.17, 15) is 0 Å². The molecule has 0 spiro atoms. The first-order valence-electron chi connectivity index (χ1n) is 5.38. The summed E-state index contributed by atoms with van der Waals surface area (Å²) in [6.07, 6.45) is 3.43. The van der Waals surface area contributed by atoms with E-state index in [-0.39, 0.29) is 6.10 Å². The first-order valence-corrected chi connectivity index (χ1v) is 6.18. The van der Waals surface area contributed by atoms with Crippen LogP contribution in [0.2, 0.25) is 0 Å². The number of halogens is 1. The summed E-state index contributed by atoms with van der Waals surface area (Å²) in [5, 5.41) is 0. The molecule has 1 unspecified atom stereocenters. The lowest BCUT2D eigenvalue weighted by atomic mass is 10.2. The zero-order valence-corrected chi connectivity index (χ0v) is 10.9. The van der Waals surface area contributed by atoms with Crippen molar-refractivity contribution in [2.45, 2.75) is 25.4 Å². The van der Waals surface area contributed by atoms with Gasteiger partial charge in [0.2, 0.25) is 0 Å². The highest BCUT2D eigenvalue weighted by atomic mass is 79.9. The van der Waals surface area contributed by atoms with Gasteiger partial charge < -0.3 is 9.47 Å². The van der Waals surface area contributed by atoms with Gasteiger partial charge in [-0.05, 0) is 43.0 Å². The fourth-order valence-corrected chi connectivity index (χ4v) is 2.26.